The first-order valence-corrected chi connectivity index (χ1v) is 10.8. The summed E-state index contributed by atoms with van der Waals surface area (Å²) in [4.78, 5) is 30.5. The molecule has 9 heteroatoms. The predicted octanol–water partition coefficient (Wildman–Crippen LogP) is 5.03. The molecule has 1 N–H and O–H groups in total. The van der Waals surface area contributed by atoms with Gasteiger partial charge in [-0.2, -0.15) is 13.2 Å². The summed E-state index contributed by atoms with van der Waals surface area (Å²) in [5.74, 6) is -0.585. The number of halogens is 3. The smallest absolute Gasteiger partial charge is 0.336 e. The fourth-order valence-corrected chi connectivity index (χ4v) is 3.88. The van der Waals surface area contributed by atoms with Crippen molar-refractivity contribution >= 4 is 28.8 Å². The minimum absolute atomic E-state index is 0.00748. The zero-order chi connectivity index (χ0) is 23.3. The highest BCUT2D eigenvalue weighted by atomic mass is 32.1. The summed E-state index contributed by atoms with van der Waals surface area (Å²) < 4.78 is 38.1. The number of aryl methyl sites for hydroxylation is 1. The minimum atomic E-state index is -4.39. The maximum absolute atomic E-state index is 12.7. The molecule has 0 unspecified atom stereocenters. The summed E-state index contributed by atoms with van der Waals surface area (Å²) in [6, 6.07) is 12.2. The Morgan fingerprint density at radius 2 is 1.78 bits per heavy atom. The molecular weight excluding hydrogens is 439 g/mol. The van der Waals surface area contributed by atoms with Crippen molar-refractivity contribution in [2.24, 2.45) is 0 Å². The summed E-state index contributed by atoms with van der Waals surface area (Å²) in [6.45, 7) is 1.89. The Labute approximate surface area is 187 Å². The first-order valence-electron chi connectivity index (χ1n) is 9.91. The number of alkyl halides is 3. The molecule has 3 aromatic rings. The number of benzene rings is 2. The number of carbonyl (C=O) groups is 2. The molecule has 3 rings (SSSR count). The fraction of sp³-hybridized carbons (Fsp3) is 0.261. The van der Waals surface area contributed by atoms with Crippen molar-refractivity contribution in [1.29, 1.82) is 0 Å². The van der Waals surface area contributed by atoms with Gasteiger partial charge in [-0.05, 0) is 30.2 Å². The minimum Gasteiger partial charge on any atom is -0.336 e. The normalized spacial score (nSPS) is 11.3. The fourth-order valence-electron chi connectivity index (χ4n) is 3.06. The Balaban J connectivity index is 1.57. The third kappa shape index (κ3) is 5.94. The highest BCUT2D eigenvalue weighted by molar-refractivity contribution is 7.13. The number of aromatic nitrogens is 1. The number of rotatable bonds is 7. The van der Waals surface area contributed by atoms with E-state index in [4.69, 9.17) is 0 Å². The molecule has 32 heavy (non-hydrogen) atoms. The van der Waals surface area contributed by atoms with Crippen LogP contribution in [0.1, 0.15) is 23.7 Å². The van der Waals surface area contributed by atoms with Gasteiger partial charge in [-0.25, -0.2) is 4.98 Å². The van der Waals surface area contributed by atoms with Gasteiger partial charge in [0.15, 0.2) is 0 Å². The number of hydrogen-bond acceptors (Lipinski definition) is 4. The number of hydrogen-bond donors (Lipinski definition) is 1. The van der Waals surface area contributed by atoms with Crippen molar-refractivity contribution in [3.05, 3.63) is 70.7 Å². The summed E-state index contributed by atoms with van der Waals surface area (Å²) in [7, 11) is 1.54. The van der Waals surface area contributed by atoms with Gasteiger partial charge in [-0.1, -0.05) is 37.3 Å². The van der Waals surface area contributed by atoms with Crippen LogP contribution in [0.15, 0.2) is 53.9 Å². The van der Waals surface area contributed by atoms with Gasteiger partial charge in [0, 0.05) is 23.7 Å². The van der Waals surface area contributed by atoms with Crippen LogP contribution in [-0.2, 0) is 28.6 Å². The lowest BCUT2D eigenvalue weighted by atomic mass is 10.1. The van der Waals surface area contributed by atoms with Crippen molar-refractivity contribution < 1.29 is 22.8 Å². The topological polar surface area (TPSA) is 62.3 Å². The van der Waals surface area contributed by atoms with Crippen LogP contribution in [-0.4, -0.2) is 35.3 Å². The lowest BCUT2D eigenvalue weighted by Gasteiger charge is -2.17. The standard InChI is InChI=1S/C23H22F3N3O2S/c1-3-15-6-4-5-7-19(15)28-20(30)13-29(2)21(31)12-18-14-32-22(27-18)16-8-10-17(11-9-16)23(24,25)26/h4-11,14H,3,12-13H2,1-2H3,(H,28,30). The molecule has 5 nitrogen and oxygen atoms in total. The SMILES string of the molecule is CCc1ccccc1NC(=O)CN(C)C(=O)Cc1csc(-c2ccc(C(F)(F)F)cc2)n1. The molecule has 0 aliphatic heterocycles. The zero-order valence-electron chi connectivity index (χ0n) is 17.6. The quantitative estimate of drug-likeness (QED) is 0.537. The second-order valence-electron chi connectivity index (χ2n) is 7.20. The van der Waals surface area contributed by atoms with Crippen molar-refractivity contribution in [1.82, 2.24) is 9.88 Å². The van der Waals surface area contributed by atoms with E-state index in [-0.39, 0.29) is 24.8 Å². The molecule has 0 spiro atoms. The molecule has 1 aromatic heterocycles. The average Bonchev–Trinajstić information content (AvgIpc) is 3.22. The highest BCUT2D eigenvalue weighted by Gasteiger charge is 2.30. The van der Waals surface area contributed by atoms with Crippen LogP contribution >= 0.6 is 11.3 Å². The molecule has 2 amide bonds. The van der Waals surface area contributed by atoms with E-state index in [2.05, 4.69) is 10.3 Å². The Hall–Kier alpha value is -3.20. The average molecular weight is 462 g/mol. The third-order valence-corrected chi connectivity index (χ3v) is 5.76. The predicted molar refractivity (Wildman–Crippen MR) is 118 cm³/mol. The number of likely N-dealkylation sites (N-methyl/N-ethyl adjacent to an activating group) is 1. The van der Waals surface area contributed by atoms with Gasteiger partial charge in [-0.3, -0.25) is 9.59 Å². The van der Waals surface area contributed by atoms with Crippen LogP contribution in [0.4, 0.5) is 18.9 Å². The number of nitrogens with one attached hydrogen (secondary N) is 1. The Morgan fingerprint density at radius 1 is 1.09 bits per heavy atom. The monoisotopic (exact) mass is 461 g/mol. The van der Waals surface area contributed by atoms with Gasteiger partial charge in [0.2, 0.25) is 11.8 Å². The summed E-state index contributed by atoms with van der Waals surface area (Å²) in [5, 5.41) is 5.04. The summed E-state index contributed by atoms with van der Waals surface area (Å²) in [5.41, 5.74) is 2.05. The Morgan fingerprint density at radius 3 is 2.44 bits per heavy atom. The van der Waals surface area contributed by atoms with E-state index in [0.717, 1.165) is 29.8 Å². The molecule has 0 aliphatic rings. The molecule has 168 valence electrons. The third-order valence-electron chi connectivity index (χ3n) is 4.82. The van der Waals surface area contributed by atoms with Crippen molar-refractivity contribution in [2.75, 3.05) is 18.9 Å². The van der Waals surface area contributed by atoms with Crippen LogP contribution in [0.5, 0.6) is 0 Å². The van der Waals surface area contributed by atoms with E-state index < -0.39 is 11.7 Å². The molecular formula is C23H22F3N3O2S. The molecule has 0 saturated heterocycles. The van der Waals surface area contributed by atoms with E-state index >= 15 is 0 Å². The van der Waals surface area contributed by atoms with Crippen LogP contribution in [0.25, 0.3) is 10.6 Å². The number of para-hydroxylation sites is 1. The Kier molecular flexibility index (Phi) is 7.29. The second-order valence-corrected chi connectivity index (χ2v) is 8.06. The lowest BCUT2D eigenvalue weighted by Crippen LogP contribution is -2.36. The van der Waals surface area contributed by atoms with E-state index in [1.807, 2.05) is 31.2 Å². The molecule has 0 atom stereocenters. The number of thiazole rings is 1. The van der Waals surface area contributed by atoms with Crippen LogP contribution in [0.2, 0.25) is 0 Å². The van der Waals surface area contributed by atoms with E-state index in [1.165, 1.54) is 35.4 Å². The van der Waals surface area contributed by atoms with Gasteiger partial charge < -0.3 is 10.2 Å². The van der Waals surface area contributed by atoms with E-state index in [0.29, 0.717) is 16.3 Å². The molecule has 0 aliphatic carbocycles. The molecule has 2 aromatic carbocycles. The largest absolute Gasteiger partial charge is 0.416 e. The van der Waals surface area contributed by atoms with Crippen LogP contribution < -0.4 is 5.32 Å². The second kappa shape index (κ2) is 9.95. The molecule has 1 heterocycles. The number of anilines is 1. The zero-order valence-corrected chi connectivity index (χ0v) is 18.4. The molecule has 0 saturated carbocycles. The van der Waals surface area contributed by atoms with Gasteiger partial charge in [0.05, 0.1) is 24.2 Å². The maximum Gasteiger partial charge on any atom is 0.416 e. The molecule has 0 radical (unpaired) electrons. The summed E-state index contributed by atoms with van der Waals surface area (Å²) >= 11 is 1.25. The van der Waals surface area contributed by atoms with Crippen molar-refractivity contribution in [3.8, 4) is 10.6 Å². The maximum atomic E-state index is 12.7. The van der Waals surface area contributed by atoms with Crippen molar-refractivity contribution in [3.63, 3.8) is 0 Å². The molecule has 0 fully saturated rings. The Bertz CT molecular complexity index is 1090. The number of nitrogens with zero attached hydrogens (tertiary/aromatic N) is 2. The van der Waals surface area contributed by atoms with Crippen LogP contribution in [0, 0.1) is 0 Å². The van der Waals surface area contributed by atoms with E-state index in [9.17, 15) is 22.8 Å². The van der Waals surface area contributed by atoms with Gasteiger partial charge >= 0.3 is 6.18 Å². The molecule has 0 bridgehead atoms. The van der Waals surface area contributed by atoms with Gasteiger partial charge in [-0.15, -0.1) is 11.3 Å². The first-order chi connectivity index (χ1) is 15.2. The highest BCUT2D eigenvalue weighted by Crippen LogP contribution is 2.31. The number of carbonyl (C=O) groups excluding carboxylic acids is 2. The van der Waals surface area contributed by atoms with Gasteiger partial charge in [0.1, 0.15) is 5.01 Å². The van der Waals surface area contributed by atoms with Crippen LogP contribution in [0.3, 0.4) is 0 Å². The van der Waals surface area contributed by atoms with E-state index in [1.54, 1.807) is 5.38 Å². The summed E-state index contributed by atoms with van der Waals surface area (Å²) in [6.07, 6.45) is -3.63. The van der Waals surface area contributed by atoms with Crippen molar-refractivity contribution in [2.45, 2.75) is 25.9 Å². The first kappa shape index (κ1) is 23.5. The number of amides is 2. The lowest BCUT2D eigenvalue weighted by molar-refractivity contribution is -0.137. The van der Waals surface area contributed by atoms with Gasteiger partial charge in [0.25, 0.3) is 0 Å².